The maximum atomic E-state index is 13.0. The number of carbonyl (C=O) groups is 4. The molecule has 8 bridgehead atoms. The van der Waals surface area contributed by atoms with Gasteiger partial charge in [-0.05, 0) is 197 Å². The van der Waals surface area contributed by atoms with Crippen molar-refractivity contribution in [2.24, 2.45) is 22.9 Å². The predicted molar refractivity (Wildman–Crippen MR) is 345 cm³/mol. The van der Waals surface area contributed by atoms with E-state index in [1.54, 1.807) is 0 Å². The molecule has 4 amide bonds. The Hall–Kier alpha value is -8.80. The van der Waals surface area contributed by atoms with Crippen molar-refractivity contribution in [3.05, 3.63) is 144 Å². The molecule has 7 aromatic rings. The summed E-state index contributed by atoms with van der Waals surface area (Å²) in [5.41, 5.74) is 38.3. The fraction of sp³-hybridized carbons (Fsp3) is 0.294. The Kier molecular flexibility index (Phi) is 21.3. The van der Waals surface area contributed by atoms with Crippen LogP contribution in [0.25, 0.3) is 90.9 Å². The summed E-state index contributed by atoms with van der Waals surface area (Å²) in [6, 6.07) is 39.7. The number of anilines is 4. The molecule has 434 valence electrons. The van der Waals surface area contributed by atoms with Crippen LogP contribution in [0.5, 0.6) is 0 Å². The first kappa shape index (κ1) is 59.8. The van der Waals surface area contributed by atoms with E-state index < -0.39 is 0 Å². The van der Waals surface area contributed by atoms with Crippen LogP contribution in [-0.2, 0) is 19.2 Å². The van der Waals surface area contributed by atoms with Crippen LogP contribution in [0.3, 0.4) is 0 Å². The van der Waals surface area contributed by atoms with Gasteiger partial charge in [-0.3, -0.25) is 19.2 Å². The fourth-order valence-corrected chi connectivity index (χ4v) is 10.6. The van der Waals surface area contributed by atoms with Crippen molar-refractivity contribution < 1.29 is 19.2 Å². The fourth-order valence-electron chi connectivity index (χ4n) is 10.6. The van der Waals surface area contributed by atoms with Crippen LogP contribution in [0.4, 0.5) is 22.7 Å². The number of aromatic amines is 2. The summed E-state index contributed by atoms with van der Waals surface area (Å²) in [5.74, 6) is -0.195. The first-order valence-electron chi connectivity index (χ1n) is 29.7. The van der Waals surface area contributed by atoms with Gasteiger partial charge in [-0.2, -0.15) is 0 Å². The van der Waals surface area contributed by atoms with Crippen molar-refractivity contribution in [2.75, 3.05) is 47.4 Å². The summed E-state index contributed by atoms with van der Waals surface area (Å²) in [6.07, 6.45) is 19.9. The summed E-state index contributed by atoms with van der Waals surface area (Å²) < 4.78 is 0. The Bertz CT molecular complexity index is 3470. The summed E-state index contributed by atoms with van der Waals surface area (Å²) in [4.78, 5) is 70.6. The number of fused-ring (bicyclic) bond motifs is 8. The topological polar surface area (TPSA) is 278 Å². The second-order valence-corrected chi connectivity index (χ2v) is 21.4. The second-order valence-electron chi connectivity index (χ2n) is 21.4. The first-order chi connectivity index (χ1) is 41.1. The van der Waals surface area contributed by atoms with Gasteiger partial charge in [0.2, 0.25) is 23.6 Å². The molecule has 84 heavy (non-hydrogen) atoms. The lowest BCUT2D eigenvalue weighted by molar-refractivity contribution is -0.117. The summed E-state index contributed by atoms with van der Waals surface area (Å²) >= 11 is 0. The molecule has 16 heteroatoms. The number of rotatable bonds is 28. The molecule has 3 aromatic heterocycles. The minimum absolute atomic E-state index is 0.0456. The Balaban J connectivity index is 1.22. The third-order valence-electron chi connectivity index (χ3n) is 15.0. The molecule has 16 nitrogen and oxygen atoms in total. The van der Waals surface area contributed by atoms with E-state index >= 15 is 0 Å². The summed E-state index contributed by atoms with van der Waals surface area (Å²) in [5, 5.41) is 12.3. The number of benzene rings is 4. The van der Waals surface area contributed by atoms with Crippen molar-refractivity contribution in [1.82, 2.24) is 19.9 Å². The van der Waals surface area contributed by atoms with Crippen molar-refractivity contribution >= 4 is 92.7 Å². The lowest BCUT2D eigenvalue weighted by Crippen LogP contribution is -2.11. The maximum Gasteiger partial charge on any atom is 0.224 e. The molecule has 0 aliphatic carbocycles. The lowest BCUT2D eigenvalue weighted by atomic mass is 10.0. The average molecular weight is 1130 g/mol. The molecule has 2 aliphatic heterocycles. The van der Waals surface area contributed by atoms with Gasteiger partial charge in [0, 0.05) is 92.8 Å². The number of nitrogens with zero attached hydrogens (tertiary/aromatic N) is 2. The number of unbranched alkanes of at least 4 members (excludes halogenated alkanes) is 8. The molecule has 0 radical (unpaired) electrons. The van der Waals surface area contributed by atoms with Gasteiger partial charge in [-0.25, -0.2) is 9.97 Å². The largest absolute Gasteiger partial charge is 0.354 e. The molecule has 0 atom stereocenters. The van der Waals surface area contributed by atoms with Crippen molar-refractivity contribution in [1.29, 1.82) is 0 Å². The van der Waals surface area contributed by atoms with Crippen LogP contribution in [0, 0.1) is 0 Å². The Labute approximate surface area is 491 Å². The van der Waals surface area contributed by atoms with Crippen molar-refractivity contribution in [3.63, 3.8) is 0 Å². The van der Waals surface area contributed by atoms with Gasteiger partial charge in [-0.1, -0.05) is 74.2 Å². The number of hydrogen-bond donors (Lipinski definition) is 10. The van der Waals surface area contributed by atoms with Gasteiger partial charge in [0.25, 0.3) is 0 Å². The van der Waals surface area contributed by atoms with Crippen LogP contribution in [0.15, 0.2) is 121 Å². The molecular weight excluding hydrogens is 1050 g/mol. The monoisotopic (exact) mass is 1130 g/mol. The minimum atomic E-state index is -0.0520. The number of aromatic nitrogens is 4. The van der Waals surface area contributed by atoms with Crippen LogP contribution < -0.4 is 44.2 Å². The molecule has 4 aromatic carbocycles. The number of hydrogen-bond acceptors (Lipinski definition) is 10. The van der Waals surface area contributed by atoms with E-state index in [0.717, 1.165) is 144 Å². The predicted octanol–water partition coefficient (Wildman–Crippen LogP) is 13.2. The summed E-state index contributed by atoms with van der Waals surface area (Å²) in [6.45, 7) is 2.42. The highest BCUT2D eigenvalue weighted by atomic mass is 16.2. The lowest BCUT2D eigenvalue weighted by Gasteiger charge is -2.10. The summed E-state index contributed by atoms with van der Waals surface area (Å²) in [7, 11) is 0. The highest BCUT2D eigenvalue weighted by Crippen LogP contribution is 2.39. The number of H-pyrrole nitrogens is 2. The number of carbonyl (C=O) groups excluding carboxylic acids is 4. The molecule has 0 saturated carbocycles. The zero-order chi connectivity index (χ0) is 58.6. The average Bonchev–Trinajstić information content (AvgIpc) is 3.38. The van der Waals surface area contributed by atoms with Gasteiger partial charge in [-0.15, -0.1) is 0 Å². The zero-order valence-electron chi connectivity index (χ0n) is 47.8. The molecule has 9 rings (SSSR count). The van der Waals surface area contributed by atoms with E-state index in [2.05, 4.69) is 55.5 Å². The van der Waals surface area contributed by atoms with Crippen LogP contribution >= 0.6 is 0 Å². The van der Waals surface area contributed by atoms with Crippen LogP contribution in [0.1, 0.15) is 126 Å². The number of nitrogens with one attached hydrogen (secondary N) is 6. The molecule has 0 fully saturated rings. The normalized spacial score (nSPS) is 11.7. The maximum absolute atomic E-state index is 13.0. The Morgan fingerprint density at radius 2 is 0.536 bits per heavy atom. The first-order valence-corrected chi connectivity index (χ1v) is 29.7. The number of nitrogens with two attached hydrogens (primary N) is 4. The third-order valence-corrected chi connectivity index (χ3v) is 15.0. The van der Waals surface area contributed by atoms with E-state index in [0.29, 0.717) is 97.4 Å². The molecule has 2 aliphatic rings. The highest BCUT2D eigenvalue weighted by Gasteiger charge is 2.21. The third kappa shape index (κ3) is 15.8. The van der Waals surface area contributed by atoms with Crippen molar-refractivity contribution in [2.45, 2.75) is 103 Å². The van der Waals surface area contributed by atoms with E-state index in [1.807, 2.05) is 121 Å². The molecule has 14 N–H and O–H groups in total. The zero-order valence-corrected chi connectivity index (χ0v) is 47.8. The van der Waals surface area contributed by atoms with E-state index in [9.17, 15) is 19.2 Å². The quantitative estimate of drug-likeness (QED) is 0.0207. The van der Waals surface area contributed by atoms with E-state index in [-0.39, 0.29) is 23.6 Å². The molecule has 5 heterocycles. The minimum Gasteiger partial charge on any atom is -0.354 e. The molecule has 0 spiro atoms. The highest BCUT2D eigenvalue weighted by molar-refractivity contribution is 6.02. The second kappa shape index (κ2) is 30.0. The van der Waals surface area contributed by atoms with Gasteiger partial charge in [0.05, 0.1) is 22.8 Å². The smallest absolute Gasteiger partial charge is 0.224 e. The molecule has 0 unspecified atom stereocenters. The Morgan fingerprint density at radius 3 is 0.810 bits per heavy atom. The van der Waals surface area contributed by atoms with Gasteiger partial charge in [0.15, 0.2) is 0 Å². The number of amides is 4. The standard InChI is InChI=1S/C68H78N12O4/c69-41-9-1-5-13-61(81)73-49-25-17-45(18-26-49)65-53-33-35-55(77-53)66(46-19-27-50(28-20-46)74-62(82)14-6-2-10-42-70)57-37-39-59(79-57)68(48-23-31-52(32-24-48)76-64(84)16-8-4-12-44-72)60-40-38-58(80-60)67(56-36-34-54(65)78-56)47-21-29-51(30-22-47)75-63(83)15-7-3-11-43-71/h17-40,77-78H,1-16,41-44,69-72H2,(H,73,81)(H,74,82)(H,75,83)(H,76,84). The van der Waals surface area contributed by atoms with Crippen LogP contribution in [-0.4, -0.2) is 69.7 Å². The molecule has 0 saturated heterocycles. The van der Waals surface area contributed by atoms with Crippen molar-refractivity contribution in [3.8, 4) is 44.5 Å². The van der Waals surface area contributed by atoms with E-state index in [1.165, 1.54) is 0 Å². The van der Waals surface area contributed by atoms with Gasteiger partial charge in [0.1, 0.15) is 0 Å². The van der Waals surface area contributed by atoms with Gasteiger partial charge < -0.3 is 54.2 Å². The Morgan fingerprint density at radius 1 is 0.298 bits per heavy atom. The van der Waals surface area contributed by atoms with Crippen LogP contribution in [0.2, 0.25) is 0 Å². The van der Waals surface area contributed by atoms with Gasteiger partial charge >= 0.3 is 0 Å². The SMILES string of the molecule is NCCCCCC(=O)Nc1ccc(-c2c3nc(c(-c4ccc(NC(=O)CCCCCN)cc4)c4ccc([nH]4)c(-c4ccc(NC(=O)CCCCCN)cc4)c4ccc([nH]4)c(-c4ccc(NC(=O)CCCCCN)cc4)c4nc2C=C4)C=C3)cc1. The van der Waals surface area contributed by atoms with E-state index in [4.69, 9.17) is 32.9 Å². The molecular formula is C68H78N12O4.